The summed E-state index contributed by atoms with van der Waals surface area (Å²) in [6.45, 7) is 4.77. The molecule has 0 saturated carbocycles. The maximum atomic E-state index is 13.1. The van der Waals surface area contributed by atoms with Crippen LogP contribution in [0.15, 0.2) is 24.8 Å². The van der Waals surface area contributed by atoms with Gasteiger partial charge in [-0.1, -0.05) is 0 Å². The molecule has 28 heavy (non-hydrogen) atoms. The summed E-state index contributed by atoms with van der Waals surface area (Å²) in [6.07, 6.45) is 2.45. The predicted molar refractivity (Wildman–Crippen MR) is 96.4 cm³/mol. The topological polar surface area (TPSA) is 85.5 Å². The zero-order valence-electron chi connectivity index (χ0n) is 15.3. The molecule has 0 fully saturated rings. The number of halogens is 3. The Morgan fingerprint density at radius 2 is 2.07 bits per heavy atom. The summed E-state index contributed by atoms with van der Waals surface area (Å²) in [5.41, 5.74) is 0.562. The molecule has 0 unspecified atom stereocenters. The normalized spacial score (nSPS) is 16.2. The smallest absolute Gasteiger partial charge is 0.370 e. The second-order valence-corrected chi connectivity index (χ2v) is 6.48. The summed E-state index contributed by atoms with van der Waals surface area (Å²) in [6, 6.07) is 0.0244. The van der Waals surface area contributed by atoms with Crippen molar-refractivity contribution in [2.24, 2.45) is 0 Å². The van der Waals surface area contributed by atoms with E-state index >= 15 is 0 Å². The van der Waals surface area contributed by atoms with Crippen LogP contribution in [0.25, 0.3) is 0 Å². The van der Waals surface area contributed by atoms with E-state index in [9.17, 15) is 13.2 Å². The summed E-state index contributed by atoms with van der Waals surface area (Å²) in [7, 11) is 0. The lowest BCUT2D eigenvalue weighted by molar-refractivity contribution is -0.137. The van der Waals surface area contributed by atoms with Crippen molar-refractivity contribution in [1.29, 1.82) is 0 Å². The van der Waals surface area contributed by atoms with Crippen LogP contribution in [0.1, 0.15) is 36.5 Å². The quantitative estimate of drug-likeness (QED) is 0.693. The van der Waals surface area contributed by atoms with Gasteiger partial charge in [-0.15, -0.1) is 0 Å². The molecule has 3 aromatic rings. The summed E-state index contributed by atoms with van der Waals surface area (Å²) in [5.74, 6) is 0.757. The second kappa shape index (κ2) is 6.80. The van der Waals surface area contributed by atoms with Crippen LogP contribution in [-0.4, -0.2) is 35.8 Å². The highest BCUT2D eigenvalue weighted by Gasteiger charge is 2.35. The number of anilines is 3. The lowest BCUT2D eigenvalue weighted by atomic mass is 10.2. The fourth-order valence-electron chi connectivity index (χ4n) is 3.36. The van der Waals surface area contributed by atoms with Gasteiger partial charge in [-0.25, -0.2) is 9.97 Å². The molecule has 0 spiro atoms. The molecule has 4 rings (SSSR count). The van der Waals surface area contributed by atoms with Crippen LogP contribution in [0.2, 0.25) is 0 Å². The van der Waals surface area contributed by atoms with E-state index in [-0.39, 0.29) is 17.8 Å². The van der Waals surface area contributed by atoms with Gasteiger partial charge in [0.25, 0.3) is 0 Å². The molecule has 1 aliphatic heterocycles. The van der Waals surface area contributed by atoms with Crippen LogP contribution in [0, 0.1) is 6.92 Å². The van der Waals surface area contributed by atoms with Crippen molar-refractivity contribution in [3.8, 4) is 0 Å². The molecule has 2 N–H and O–H groups in total. The average Bonchev–Trinajstić information content (AvgIpc) is 3.32. The van der Waals surface area contributed by atoms with E-state index in [0.717, 1.165) is 30.7 Å². The number of hydrogen-bond donors (Lipinski definition) is 2. The third-order valence-electron chi connectivity index (χ3n) is 4.71. The average molecular weight is 392 g/mol. The molecule has 0 aliphatic carbocycles. The zero-order valence-corrected chi connectivity index (χ0v) is 15.3. The minimum absolute atomic E-state index is 0.0244. The summed E-state index contributed by atoms with van der Waals surface area (Å²) < 4.78 is 43.3. The minimum atomic E-state index is -4.53. The van der Waals surface area contributed by atoms with E-state index in [0.29, 0.717) is 12.2 Å². The fraction of sp³-hybridized carbons (Fsp3) is 0.412. The van der Waals surface area contributed by atoms with Gasteiger partial charge in [0.15, 0.2) is 0 Å². The molecular weight excluding hydrogens is 373 g/mol. The van der Waals surface area contributed by atoms with Gasteiger partial charge in [0.05, 0.1) is 17.6 Å². The Morgan fingerprint density at radius 1 is 1.25 bits per heavy atom. The molecule has 3 aromatic heterocycles. The molecule has 148 valence electrons. The lowest BCUT2D eigenvalue weighted by Gasteiger charge is -2.14. The first-order chi connectivity index (χ1) is 13.4. The second-order valence-electron chi connectivity index (χ2n) is 6.48. The first kappa shape index (κ1) is 18.3. The van der Waals surface area contributed by atoms with Gasteiger partial charge >= 0.3 is 6.18 Å². The van der Waals surface area contributed by atoms with Crippen LogP contribution >= 0.6 is 0 Å². The third-order valence-corrected chi connectivity index (χ3v) is 4.71. The SMILES string of the molecule is CCNc1nc(Nc2cnn([C@@H]3CCn4ccnc43)c2C)ncc1C(F)(F)F. The van der Waals surface area contributed by atoms with Gasteiger partial charge in [-0.05, 0) is 20.3 Å². The standard InChI is InChI=1S/C17H19F3N8/c1-3-21-14-11(17(18,19)20)8-23-16(26-14)25-12-9-24-28(10(12)2)13-4-6-27-7-5-22-15(13)27/h5,7-9,13H,3-4,6H2,1-2H3,(H2,21,23,25,26)/t13-/m1/s1. The maximum absolute atomic E-state index is 13.1. The number of nitrogens with one attached hydrogen (secondary N) is 2. The number of rotatable bonds is 5. The summed E-state index contributed by atoms with van der Waals surface area (Å²) in [4.78, 5) is 12.2. The molecule has 4 heterocycles. The van der Waals surface area contributed by atoms with Crippen molar-refractivity contribution in [2.75, 3.05) is 17.2 Å². The molecule has 0 amide bonds. The van der Waals surface area contributed by atoms with Crippen LogP contribution < -0.4 is 10.6 Å². The number of alkyl halides is 3. The Bertz CT molecular complexity index is 991. The van der Waals surface area contributed by atoms with E-state index < -0.39 is 11.7 Å². The molecule has 1 atom stereocenters. The van der Waals surface area contributed by atoms with E-state index in [1.54, 1.807) is 19.3 Å². The molecule has 1 aliphatic rings. The van der Waals surface area contributed by atoms with Crippen molar-refractivity contribution in [1.82, 2.24) is 29.3 Å². The Balaban J connectivity index is 1.60. The molecule has 0 aromatic carbocycles. The lowest BCUT2D eigenvalue weighted by Crippen LogP contribution is -2.14. The summed E-state index contributed by atoms with van der Waals surface area (Å²) >= 11 is 0. The maximum Gasteiger partial charge on any atom is 0.421 e. The minimum Gasteiger partial charge on any atom is -0.370 e. The first-order valence-corrected chi connectivity index (χ1v) is 8.88. The van der Waals surface area contributed by atoms with Crippen LogP contribution in [0.5, 0.6) is 0 Å². The van der Waals surface area contributed by atoms with Crippen LogP contribution in [-0.2, 0) is 12.7 Å². The number of aromatic nitrogens is 6. The molecular formula is C17H19F3N8. The van der Waals surface area contributed by atoms with Gasteiger partial charge in [0.2, 0.25) is 5.95 Å². The van der Waals surface area contributed by atoms with Crippen molar-refractivity contribution >= 4 is 17.5 Å². The van der Waals surface area contributed by atoms with Crippen LogP contribution in [0.4, 0.5) is 30.6 Å². The number of imidazole rings is 1. The zero-order chi connectivity index (χ0) is 19.9. The number of nitrogens with zero attached hydrogens (tertiary/aromatic N) is 6. The summed E-state index contributed by atoms with van der Waals surface area (Å²) in [5, 5.41) is 10.0. The van der Waals surface area contributed by atoms with Crippen molar-refractivity contribution in [3.05, 3.63) is 41.9 Å². The first-order valence-electron chi connectivity index (χ1n) is 8.88. The molecule has 11 heteroatoms. The molecule has 8 nitrogen and oxygen atoms in total. The van der Waals surface area contributed by atoms with E-state index in [4.69, 9.17) is 0 Å². The highest BCUT2D eigenvalue weighted by Crippen LogP contribution is 2.35. The number of fused-ring (bicyclic) bond motifs is 1. The number of aryl methyl sites for hydroxylation is 1. The Hall–Kier alpha value is -3.11. The molecule has 0 bridgehead atoms. The van der Waals surface area contributed by atoms with Gasteiger partial charge in [0, 0.05) is 31.7 Å². The Labute approximate surface area is 158 Å². The monoisotopic (exact) mass is 392 g/mol. The van der Waals surface area contributed by atoms with Gasteiger partial charge < -0.3 is 15.2 Å². The van der Waals surface area contributed by atoms with E-state index in [1.807, 2.05) is 17.8 Å². The van der Waals surface area contributed by atoms with E-state index in [1.165, 1.54) is 0 Å². The number of hydrogen-bond acceptors (Lipinski definition) is 6. The highest BCUT2D eigenvalue weighted by molar-refractivity contribution is 5.58. The highest BCUT2D eigenvalue weighted by atomic mass is 19.4. The van der Waals surface area contributed by atoms with Crippen LogP contribution in [0.3, 0.4) is 0 Å². The predicted octanol–water partition coefficient (Wildman–Crippen LogP) is 3.37. The van der Waals surface area contributed by atoms with Crippen molar-refractivity contribution in [2.45, 2.75) is 39.0 Å². The van der Waals surface area contributed by atoms with Gasteiger partial charge in [0.1, 0.15) is 23.2 Å². The van der Waals surface area contributed by atoms with Gasteiger partial charge in [-0.3, -0.25) is 4.68 Å². The van der Waals surface area contributed by atoms with Crippen molar-refractivity contribution in [3.63, 3.8) is 0 Å². The Kier molecular flexibility index (Phi) is 4.44. The van der Waals surface area contributed by atoms with E-state index in [2.05, 4.69) is 35.3 Å². The fourth-order valence-corrected chi connectivity index (χ4v) is 3.36. The largest absolute Gasteiger partial charge is 0.421 e. The Morgan fingerprint density at radius 3 is 2.82 bits per heavy atom. The molecule has 0 saturated heterocycles. The molecule has 0 radical (unpaired) electrons. The van der Waals surface area contributed by atoms with Crippen molar-refractivity contribution < 1.29 is 13.2 Å². The van der Waals surface area contributed by atoms with Gasteiger partial charge in [-0.2, -0.15) is 23.3 Å². The third kappa shape index (κ3) is 3.16.